The number of hydrogen-bond donors (Lipinski definition) is 4. The molecule has 288 valence electrons. The second kappa shape index (κ2) is 13.5. The van der Waals surface area contributed by atoms with Gasteiger partial charge in [-0.15, -0.1) is 0 Å². The SMILES string of the molecule is CC(C)(O)C#Cc1ccc(-c2ccc(Cl)c3c(NS(N)(=O)=O)noc23)c([C@H](Cc2cc(F)cc(F)c2)NC(=O)Cn2nc(C(F)F)c3c2C(F)(F)[C@@H]2C[C@H]32)n1. The van der Waals surface area contributed by atoms with Gasteiger partial charge in [-0.1, -0.05) is 22.7 Å². The summed E-state index contributed by atoms with van der Waals surface area (Å²) in [7, 11) is -4.36. The number of aliphatic hydroxyl groups is 1. The largest absolute Gasteiger partial charge is 0.378 e. The Labute approximate surface area is 313 Å². The van der Waals surface area contributed by atoms with E-state index in [1.165, 1.54) is 38.1 Å². The summed E-state index contributed by atoms with van der Waals surface area (Å²) in [5.74, 6) is -3.49. The lowest BCUT2D eigenvalue weighted by atomic mass is 9.94. The number of anilines is 1. The predicted molar refractivity (Wildman–Crippen MR) is 185 cm³/mol. The van der Waals surface area contributed by atoms with Crippen molar-refractivity contribution in [3.05, 3.63) is 93.0 Å². The Morgan fingerprint density at radius 2 is 1.84 bits per heavy atom. The zero-order valence-electron chi connectivity index (χ0n) is 28.5. The fourth-order valence-electron chi connectivity index (χ4n) is 6.82. The minimum atomic E-state index is -4.36. The van der Waals surface area contributed by atoms with Gasteiger partial charge < -0.3 is 14.9 Å². The van der Waals surface area contributed by atoms with Gasteiger partial charge in [0.25, 0.3) is 22.6 Å². The lowest BCUT2D eigenvalue weighted by Crippen LogP contribution is -2.35. The third-order valence-electron chi connectivity index (χ3n) is 9.01. The number of aromatic nitrogens is 4. The molecule has 55 heavy (non-hydrogen) atoms. The molecule has 2 aliphatic rings. The molecule has 0 radical (unpaired) electrons. The Morgan fingerprint density at radius 1 is 1.15 bits per heavy atom. The van der Waals surface area contributed by atoms with Gasteiger partial charge in [-0.3, -0.25) is 14.2 Å². The molecule has 12 nitrogen and oxygen atoms in total. The van der Waals surface area contributed by atoms with Crippen LogP contribution in [0.4, 0.5) is 32.2 Å². The Morgan fingerprint density at radius 3 is 2.49 bits per heavy atom. The van der Waals surface area contributed by atoms with Crippen LogP contribution in [-0.4, -0.2) is 45.0 Å². The van der Waals surface area contributed by atoms with Gasteiger partial charge in [-0.2, -0.15) is 22.3 Å². The van der Waals surface area contributed by atoms with E-state index in [4.69, 9.17) is 21.3 Å². The van der Waals surface area contributed by atoms with E-state index in [0.29, 0.717) is 10.7 Å². The highest BCUT2D eigenvalue weighted by atomic mass is 35.5. The Hall–Kier alpha value is -5.16. The summed E-state index contributed by atoms with van der Waals surface area (Å²) in [6.45, 7) is 1.88. The molecule has 1 amide bonds. The van der Waals surface area contributed by atoms with Crippen LogP contribution in [0.5, 0.6) is 0 Å². The van der Waals surface area contributed by atoms with Gasteiger partial charge in [-0.25, -0.2) is 27.7 Å². The van der Waals surface area contributed by atoms with E-state index >= 15 is 8.78 Å². The van der Waals surface area contributed by atoms with Crippen LogP contribution >= 0.6 is 11.6 Å². The van der Waals surface area contributed by atoms with E-state index in [0.717, 1.165) is 12.1 Å². The van der Waals surface area contributed by atoms with Crippen LogP contribution < -0.4 is 15.2 Å². The molecule has 3 atom stereocenters. The van der Waals surface area contributed by atoms with Crippen LogP contribution in [0.3, 0.4) is 0 Å². The quantitative estimate of drug-likeness (QED) is 0.0981. The normalized spacial score (nSPS) is 17.7. The number of benzene rings is 2. The molecule has 0 bridgehead atoms. The van der Waals surface area contributed by atoms with Crippen LogP contribution in [0.15, 0.2) is 47.0 Å². The summed E-state index contributed by atoms with van der Waals surface area (Å²) in [5, 5.41) is 25.4. The molecule has 0 aliphatic heterocycles. The molecular formula is C35H28ClF6N7O5S. The number of halogens is 7. The van der Waals surface area contributed by atoms with Gasteiger partial charge in [-0.05, 0) is 80.5 Å². The number of nitrogens with one attached hydrogen (secondary N) is 2. The number of carbonyl (C=O) groups excluding carboxylic acids is 1. The van der Waals surface area contributed by atoms with Crippen LogP contribution in [0.2, 0.25) is 5.02 Å². The molecule has 3 heterocycles. The maximum Gasteiger partial charge on any atom is 0.297 e. The minimum absolute atomic E-state index is 0.00771. The van der Waals surface area contributed by atoms with Gasteiger partial charge in [0.2, 0.25) is 5.91 Å². The molecule has 5 aromatic rings. The molecule has 2 aromatic carbocycles. The Bertz CT molecular complexity index is 2540. The number of amides is 1. The first kappa shape index (κ1) is 38.1. The maximum absolute atomic E-state index is 15.3. The van der Waals surface area contributed by atoms with Gasteiger partial charge in [0.05, 0.1) is 22.1 Å². The van der Waals surface area contributed by atoms with Gasteiger partial charge in [0.1, 0.15) is 40.9 Å². The Balaban J connectivity index is 1.37. The van der Waals surface area contributed by atoms with Crippen molar-refractivity contribution in [2.24, 2.45) is 11.1 Å². The smallest absolute Gasteiger partial charge is 0.297 e. The van der Waals surface area contributed by atoms with Gasteiger partial charge >= 0.3 is 0 Å². The highest BCUT2D eigenvalue weighted by molar-refractivity contribution is 7.90. The number of rotatable bonds is 10. The summed E-state index contributed by atoms with van der Waals surface area (Å²) < 4.78 is 119. The van der Waals surface area contributed by atoms with Crippen molar-refractivity contribution >= 4 is 44.5 Å². The lowest BCUT2D eigenvalue weighted by Gasteiger charge is -2.23. The van der Waals surface area contributed by atoms with Crippen LogP contribution in [-0.2, 0) is 33.9 Å². The van der Waals surface area contributed by atoms with E-state index in [1.54, 1.807) is 0 Å². The minimum Gasteiger partial charge on any atom is -0.378 e. The fraction of sp³-hybridized carbons (Fsp3) is 0.314. The van der Waals surface area contributed by atoms with E-state index in [-0.39, 0.29) is 68.3 Å². The second-order valence-corrected chi connectivity index (χ2v) is 15.4. The Kier molecular flexibility index (Phi) is 9.39. The average Bonchev–Trinajstić information content (AvgIpc) is 3.54. The number of hydrogen-bond acceptors (Lipinski definition) is 8. The van der Waals surface area contributed by atoms with Crippen molar-refractivity contribution in [3.63, 3.8) is 0 Å². The molecule has 0 spiro atoms. The molecule has 20 heteroatoms. The first-order valence-electron chi connectivity index (χ1n) is 16.4. The third kappa shape index (κ3) is 7.59. The highest BCUT2D eigenvalue weighted by Crippen LogP contribution is 2.68. The molecule has 7 rings (SSSR count). The lowest BCUT2D eigenvalue weighted by molar-refractivity contribution is -0.123. The molecular weight excluding hydrogens is 780 g/mol. The zero-order valence-corrected chi connectivity index (χ0v) is 30.0. The first-order chi connectivity index (χ1) is 25.7. The molecule has 3 aromatic heterocycles. The molecule has 1 fully saturated rings. The van der Waals surface area contributed by atoms with E-state index < -0.39 is 81.5 Å². The molecule has 5 N–H and O–H groups in total. The van der Waals surface area contributed by atoms with Crippen molar-refractivity contribution in [2.45, 2.75) is 63.1 Å². The summed E-state index contributed by atoms with van der Waals surface area (Å²) >= 11 is 6.41. The zero-order chi connectivity index (χ0) is 39.8. The highest BCUT2D eigenvalue weighted by Gasteiger charge is 2.67. The molecule has 0 unspecified atom stereocenters. The summed E-state index contributed by atoms with van der Waals surface area (Å²) in [6, 6.07) is 6.97. The standard InChI is InChI=1S/C35H28ClF6N7O5S/c1-34(2,51)8-7-18-3-4-19(20-5-6-23(36)27-30(20)54-47-33(27)48-55(43,52)53)28(44-18)24(11-15-9-16(37)12-17(38)10-15)45-25(50)14-49-31-26(29(46-49)32(39)40)21-13-22(21)35(31,41)42/h3-6,9-10,12,21-22,24,32,51H,11,13-14H2,1-2H3,(H,45,50)(H,47,48)(H2,43,52,53)/t21-,22+,24-/m0/s1. The number of alkyl halides is 4. The first-order valence-corrected chi connectivity index (χ1v) is 18.3. The van der Waals surface area contributed by atoms with E-state index in [2.05, 4.69) is 32.4 Å². The number of fused-ring (bicyclic) bond motifs is 4. The van der Waals surface area contributed by atoms with Gasteiger partial charge in [0, 0.05) is 28.7 Å². The predicted octanol–water partition coefficient (Wildman–Crippen LogP) is 6.00. The van der Waals surface area contributed by atoms with E-state index in [9.17, 15) is 35.9 Å². The van der Waals surface area contributed by atoms with Crippen molar-refractivity contribution < 1.29 is 49.2 Å². The van der Waals surface area contributed by atoms with Crippen molar-refractivity contribution in [2.75, 3.05) is 4.72 Å². The third-order valence-corrected chi connectivity index (χ3v) is 9.80. The van der Waals surface area contributed by atoms with Gasteiger partial charge in [0.15, 0.2) is 11.4 Å². The van der Waals surface area contributed by atoms with Crippen LogP contribution in [0.1, 0.15) is 72.6 Å². The monoisotopic (exact) mass is 807 g/mol. The topological polar surface area (TPSA) is 178 Å². The summed E-state index contributed by atoms with van der Waals surface area (Å²) in [5.41, 5.74) is -3.14. The molecule has 1 saturated carbocycles. The number of nitrogens with two attached hydrogens (primary N) is 1. The van der Waals surface area contributed by atoms with Crippen LogP contribution in [0.25, 0.3) is 22.1 Å². The molecule has 2 aliphatic carbocycles. The van der Waals surface area contributed by atoms with Crippen molar-refractivity contribution in [3.8, 4) is 23.0 Å². The second-order valence-electron chi connectivity index (χ2n) is 13.7. The molecule has 0 saturated heterocycles. The van der Waals surface area contributed by atoms with Crippen molar-refractivity contribution in [1.29, 1.82) is 0 Å². The number of nitrogens with zero attached hydrogens (tertiary/aromatic N) is 4. The number of carbonyl (C=O) groups is 1. The van der Waals surface area contributed by atoms with Crippen LogP contribution in [0, 0.1) is 29.4 Å². The maximum atomic E-state index is 15.3. The average molecular weight is 808 g/mol. The van der Waals surface area contributed by atoms with Crippen molar-refractivity contribution in [1.82, 2.24) is 25.2 Å². The van der Waals surface area contributed by atoms with E-state index in [1.807, 2.05) is 4.72 Å². The number of pyridine rings is 1. The summed E-state index contributed by atoms with van der Waals surface area (Å²) in [6.07, 6.45) is -3.56. The summed E-state index contributed by atoms with van der Waals surface area (Å²) in [4.78, 5) is 18.4. The fourth-order valence-corrected chi connectivity index (χ4v) is 7.46.